The molecule has 144 valence electrons. The fraction of sp³-hybridized carbons (Fsp3) is 0.375. The minimum Gasteiger partial charge on any atom is -0.479 e. The summed E-state index contributed by atoms with van der Waals surface area (Å²) in [6, 6.07) is -0.0497. The Morgan fingerprint density at radius 1 is 1.37 bits per heavy atom. The monoisotopic (exact) mass is 446 g/mol. The van der Waals surface area contributed by atoms with Crippen LogP contribution in [0.1, 0.15) is 5.56 Å². The number of amides is 2. The maximum atomic E-state index is 12.5. The molecular weight excluding hydrogens is 432 g/mol. The first kappa shape index (κ1) is 20.2. The number of thiophene rings is 1. The molecule has 2 aliphatic rings. The van der Waals surface area contributed by atoms with Crippen LogP contribution in [0.3, 0.4) is 0 Å². The highest BCUT2D eigenvalue weighted by Gasteiger charge is 2.55. The van der Waals surface area contributed by atoms with Crippen LogP contribution in [0.5, 0.6) is 0 Å². The van der Waals surface area contributed by atoms with Crippen LogP contribution in [0, 0.1) is 0 Å². The number of carbonyl (C=O) groups is 4. The van der Waals surface area contributed by atoms with E-state index in [1.807, 2.05) is 16.8 Å². The van der Waals surface area contributed by atoms with Crippen molar-refractivity contribution in [2.24, 2.45) is 0 Å². The van der Waals surface area contributed by atoms with Gasteiger partial charge < -0.3 is 15.3 Å². The maximum Gasteiger partial charge on any atom is 0.330 e. The van der Waals surface area contributed by atoms with Crippen molar-refractivity contribution in [2.75, 3.05) is 11.6 Å². The van der Waals surface area contributed by atoms with Gasteiger partial charge in [0.2, 0.25) is 16.9 Å². The van der Waals surface area contributed by atoms with Crippen molar-refractivity contribution in [1.29, 1.82) is 0 Å². The molecule has 2 unspecified atom stereocenters. The predicted molar refractivity (Wildman–Crippen MR) is 106 cm³/mol. The third kappa shape index (κ3) is 4.34. The van der Waals surface area contributed by atoms with Crippen LogP contribution in [0.2, 0.25) is 0 Å². The van der Waals surface area contributed by atoms with Crippen LogP contribution in [0.15, 0.2) is 27.8 Å². The summed E-state index contributed by atoms with van der Waals surface area (Å²) in [5, 5.41) is 16.9. The average molecular weight is 447 g/mol. The quantitative estimate of drug-likeness (QED) is 0.483. The summed E-state index contributed by atoms with van der Waals surface area (Å²) < 4.78 is 0. The highest BCUT2D eigenvalue weighted by molar-refractivity contribution is 8.14. The minimum absolute atomic E-state index is 0.154. The number of aliphatic carboxylic acids is 1. The molecule has 1 saturated heterocycles. The number of nitrogens with zero attached hydrogens (tertiary/aromatic N) is 1. The van der Waals surface area contributed by atoms with Crippen molar-refractivity contribution in [3.8, 4) is 0 Å². The van der Waals surface area contributed by atoms with E-state index in [-0.39, 0.29) is 29.1 Å². The van der Waals surface area contributed by atoms with Crippen LogP contribution in [-0.4, -0.2) is 62.0 Å². The molecule has 2 aliphatic heterocycles. The number of β-lactam (4-membered cyclic amide) rings is 1. The molecule has 3 atom stereocenters. The molecule has 1 aromatic heterocycles. The van der Waals surface area contributed by atoms with Gasteiger partial charge in [0.25, 0.3) is 0 Å². The first-order valence-corrected chi connectivity index (χ1v) is 11.2. The van der Waals surface area contributed by atoms with E-state index in [0.717, 1.165) is 17.3 Å². The van der Waals surface area contributed by atoms with Crippen molar-refractivity contribution in [1.82, 2.24) is 10.2 Å². The summed E-state index contributed by atoms with van der Waals surface area (Å²) >= 11 is 9.14. The average Bonchev–Trinajstić information content (AvgIpc) is 3.15. The molecule has 2 N–H and O–H groups in total. The van der Waals surface area contributed by atoms with Crippen molar-refractivity contribution in [3.63, 3.8) is 0 Å². The van der Waals surface area contributed by atoms with E-state index in [9.17, 15) is 24.3 Å². The molecule has 0 saturated carbocycles. The van der Waals surface area contributed by atoms with E-state index in [4.69, 9.17) is 11.6 Å². The first-order valence-electron chi connectivity index (χ1n) is 7.83. The molecule has 0 spiro atoms. The van der Waals surface area contributed by atoms with Crippen LogP contribution in [-0.2, 0) is 25.6 Å². The molecule has 0 bridgehead atoms. The molecule has 1 aromatic rings. The van der Waals surface area contributed by atoms with Crippen molar-refractivity contribution >= 4 is 69.4 Å². The van der Waals surface area contributed by atoms with Gasteiger partial charge in [-0.15, -0.1) is 23.4 Å². The van der Waals surface area contributed by atoms with E-state index in [2.05, 4.69) is 5.32 Å². The van der Waals surface area contributed by atoms with Crippen LogP contribution < -0.4 is 5.32 Å². The van der Waals surface area contributed by atoms with E-state index < -0.39 is 29.3 Å². The number of fused-ring (bicyclic) bond motifs is 1. The molecular formula is C16H15ClN2O5S3. The molecule has 7 nitrogen and oxygen atoms in total. The minimum atomic E-state index is -1.16. The smallest absolute Gasteiger partial charge is 0.330 e. The maximum absolute atomic E-state index is 12.5. The van der Waals surface area contributed by atoms with Gasteiger partial charge >= 0.3 is 5.97 Å². The Labute approximate surface area is 172 Å². The lowest BCUT2D eigenvalue weighted by atomic mass is 9.98. The second kappa shape index (κ2) is 8.68. The van der Waals surface area contributed by atoms with Crippen molar-refractivity contribution in [3.05, 3.63) is 33.4 Å². The highest BCUT2D eigenvalue weighted by Crippen LogP contribution is 2.40. The zero-order valence-corrected chi connectivity index (χ0v) is 17.0. The summed E-state index contributed by atoms with van der Waals surface area (Å²) in [7, 11) is 0. The molecule has 0 radical (unpaired) electrons. The number of hydrogen-bond acceptors (Lipinski definition) is 7. The molecule has 1 fully saturated rings. The molecule has 0 aliphatic carbocycles. The van der Waals surface area contributed by atoms with E-state index in [1.165, 1.54) is 28.0 Å². The largest absolute Gasteiger partial charge is 0.479 e. The first-order chi connectivity index (χ1) is 12.9. The van der Waals surface area contributed by atoms with Gasteiger partial charge in [0.15, 0.2) is 6.04 Å². The Hall–Kier alpha value is -1.49. The van der Waals surface area contributed by atoms with Crippen LogP contribution in [0.4, 0.5) is 0 Å². The van der Waals surface area contributed by atoms with Gasteiger partial charge in [-0.1, -0.05) is 11.8 Å². The Balaban J connectivity index is 1.66. The molecule has 27 heavy (non-hydrogen) atoms. The van der Waals surface area contributed by atoms with Crippen molar-refractivity contribution in [2.45, 2.75) is 23.9 Å². The van der Waals surface area contributed by atoms with E-state index in [1.54, 1.807) is 5.41 Å². The summed E-state index contributed by atoms with van der Waals surface area (Å²) in [5.74, 6) is -1.88. The predicted octanol–water partition coefficient (Wildman–Crippen LogP) is 1.53. The SMILES string of the molecule is O=C(Cc1ccsc1)NC1C(=O)N2C(C(=O)O)C(CSC(=O)CCl)=CS[C@H]12. The number of nitrogens with one attached hydrogen (secondary N) is 1. The zero-order valence-electron chi connectivity index (χ0n) is 13.8. The summed E-state index contributed by atoms with van der Waals surface area (Å²) in [4.78, 5) is 49.0. The second-order valence-corrected chi connectivity index (χ2v) is 8.92. The number of thioether (sulfide) groups is 2. The Bertz CT molecular complexity index is 798. The fourth-order valence-corrected chi connectivity index (χ4v) is 5.71. The third-order valence-corrected chi connectivity index (χ3v) is 7.37. The number of rotatable bonds is 7. The number of carboxylic acid groups (broad SMARTS) is 1. The summed E-state index contributed by atoms with van der Waals surface area (Å²) in [5.41, 5.74) is 1.33. The van der Waals surface area contributed by atoms with E-state index >= 15 is 0 Å². The van der Waals surface area contributed by atoms with Gasteiger partial charge in [-0.3, -0.25) is 14.4 Å². The topological polar surface area (TPSA) is 104 Å². The van der Waals surface area contributed by atoms with Crippen molar-refractivity contribution < 1.29 is 24.3 Å². The van der Waals surface area contributed by atoms with Crippen LogP contribution >= 0.6 is 46.5 Å². The van der Waals surface area contributed by atoms with Gasteiger partial charge in [-0.05, 0) is 33.4 Å². The van der Waals surface area contributed by atoms with Crippen LogP contribution in [0.25, 0.3) is 0 Å². The molecule has 2 amide bonds. The number of carbonyl (C=O) groups excluding carboxylic acids is 3. The molecule has 3 rings (SSSR count). The second-order valence-electron chi connectivity index (χ2n) is 5.85. The molecule has 11 heteroatoms. The van der Waals surface area contributed by atoms with Gasteiger partial charge in [0.05, 0.1) is 12.3 Å². The number of hydrogen-bond donors (Lipinski definition) is 2. The molecule has 3 heterocycles. The zero-order chi connectivity index (χ0) is 19.6. The lowest BCUT2D eigenvalue weighted by Gasteiger charge is -2.51. The van der Waals surface area contributed by atoms with Gasteiger partial charge in [0, 0.05) is 5.75 Å². The third-order valence-electron chi connectivity index (χ3n) is 4.07. The Morgan fingerprint density at radius 3 is 2.78 bits per heavy atom. The van der Waals surface area contributed by atoms with E-state index in [0.29, 0.717) is 5.57 Å². The number of halogens is 1. The number of carboxylic acids is 1. The van der Waals surface area contributed by atoms with Gasteiger partial charge in [-0.25, -0.2) is 4.79 Å². The lowest BCUT2D eigenvalue weighted by molar-refractivity contribution is -0.160. The molecule has 0 aromatic carbocycles. The van der Waals surface area contributed by atoms with Gasteiger partial charge in [-0.2, -0.15) is 11.3 Å². The Morgan fingerprint density at radius 2 is 2.15 bits per heavy atom. The fourth-order valence-electron chi connectivity index (χ4n) is 2.83. The highest BCUT2D eigenvalue weighted by atomic mass is 35.5. The Kier molecular flexibility index (Phi) is 6.51. The normalized spacial score (nSPS) is 23.9. The number of alkyl halides is 1. The summed E-state index contributed by atoms with van der Waals surface area (Å²) in [6.07, 6.45) is 0.172. The van der Waals surface area contributed by atoms with Gasteiger partial charge in [0.1, 0.15) is 11.4 Å². The lowest BCUT2D eigenvalue weighted by Crippen LogP contribution is -2.74. The summed E-state index contributed by atoms with van der Waals surface area (Å²) in [6.45, 7) is 0. The standard InChI is InChI=1S/C16H15ClN2O5S3/c17-4-11(21)26-6-9-7-27-15-12(14(22)19(15)13(9)16(23)24)18-10(20)3-8-1-2-25-5-8/h1-2,5,7,12-13,15H,3-4,6H2,(H,18,20)(H,23,24)/t12?,13?,15-/m1/s1.